The molecule has 2 aromatic carbocycles. The molecule has 19 heavy (non-hydrogen) atoms. The molecule has 0 radical (unpaired) electrons. The van der Waals surface area contributed by atoms with E-state index in [0.29, 0.717) is 11.9 Å². The zero-order valence-electron chi connectivity index (χ0n) is 11.4. The fraction of sp³-hybridized carbons (Fsp3) is 0.250. The van der Waals surface area contributed by atoms with Crippen LogP contribution in [0.4, 0.5) is 4.39 Å². The summed E-state index contributed by atoms with van der Waals surface area (Å²) in [6.45, 7) is 5.98. The number of hydrogen-bond donors (Lipinski definition) is 0. The van der Waals surface area contributed by atoms with Crippen molar-refractivity contribution in [2.24, 2.45) is 0 Å². The molecule has 98 valence electrons. The maximum atomic E-state index is 13.3. The van der Waals surface area contributed by atoms with Crippen molar-refractivity contribution in [1.29, 1.82) is 0 Å². The monoisotopic (exact) mass is 256 g/mol. The van der Waals surface area contributed by atoms with Gasteiger partial charge in [0.05, 0.1) is 11.2 Å². The lowest BCUT2D eigenvalue weighted by Crippen LogP contribution is -1.97. The SMILES string of the molecule is CC.CCc1nc(F)nc2ccc3ccccc3c12. The van der Waals surface area contributed by atoms with Crippen molar-refractivity contribution in [1.82, 2.24) is 9.97 Å². The van der Waals surface area contributed by atoms with E-state index < -0.39 is 6.08 Å². The van der Waals surface area contributed by atoms with Crippen LogP contribution in [0, 0.1) is 6.08 Å². The van der Waals surface area contributed by atoms with Crippen molar-refractivity contribution in [2.75, 3.05) is 0 Å². The molecule has 0 saturated heterocycles. The number of nitrogens with zero attached hydrogens (tertiary/aromatic N) is 2. The van der Waals surface area contributed by atoms with Crippen molar-refractivity contribution in [3.05, 3.63) is 48.2 Å². The number of aromatic nitrogens is 2. The van der Waals surface area contributed by atoms with Gasteiger partial charge in [-0.3, -0.25) is 0 Å². The summed E-state index contributed by atoms with van der Waals surface area (Å²) < 4.78 is 13.3. The summed E-state index contributed by atoms with van der Waals surface area (Å²) in [4.78, 5) is 7.75. The van der Waals surface area contributed by atoms with Crippen molar-refractivity contribution in [3.8, 4) is 0 Å². The summed E-state index contributed by atoms with van der Waals surface area (Å²) in [5.41, 5.74) is 1.44. The van der Waals surface area contributed by atoms with E-state index in [4.69, 9.17) is 0 Å². The van der Waals surface area contributed by atoms with Gasteiger partial charge in [0, 0.05) is 5.39 Å². The number of benzene rings is 2. The molecule has 0 N–H and O–H groups in total. The Hall–Kier alpha value is -2.03. The Morgan fingerprint density at radius 1 is 1.00 bits per heavy atom. The van der Waals surface area contributed by atoms with Crippen LogP contribution in [0.2, 0.25) is 0 Å². The van der Waals surface area contributed by atoms with Crippen LogP contribution >= 0.6 is 0 Å². The summed E-state index contributed by atoms with van der Waals surface area (Å²) in [6, 6.07) is 11.8. The first-order valence-corrected chi connectivity index (χ1v) is 6.63. The Bertz CT molecular complexity index is 708. The van der Waals surface area contributed by atoms with Crippen LogP contribution in [0.3, 0.4) is 0 Å². The molecule has 0 amide bonds. The van der Waals surface area contributed by atoms with Crippen molar-refractivity contribution in [2.45, 2.75) is 27.2 Å². The van der Waals surface area contributed by atoms with Gasteiger partial charge in [-0.1, -0.05) is 51.1 Å². The molecule has 0 aliphatic heterocycles. The van der Waals surface area contributed by atoms with Crippen molar-refractivity contribution < 1.29 is 4.39 Å². The Labute approximate surface area is 112 Å². The molecule has 1 heterocycles. The smallest absolute Gasteiger partial charge is 0.207 e. The predicted octanol–water partition coefficient (Wildman–Crippen LogP) is 4.51. The van der Waals surface area contributed by atoms with Gasteiger partial charge in [0.1, 0.15) is 0 Å². The molecule has 3 aromatic rings. The number of hydrogen-bond acceptors (Lipinski definition) is 2. The van der Waals surface area contributed by atoms with Gasteiger partial charge in [0.2, 0.25) is 0 Å². The highest BCUT2D eigenvalue weighted by molar-refractivity contribution is 6.07. The summed E-state index contributed by atoms with van der Waals surface area (Å²) in [6.07, 6.45) is 0.0499. The van der Waals surface area contributed by atoms with Gasteiger partial charge in [-0.25, -0.2) is 9.97 Å². The number of fused-ring (bicyclic) bond motifs is 3. The third kappa shape index (κ3) is 2.41. The molecular weight excluding hydrogens is 239 g/mol. The van der Waals surface area contributed by atoms with Crippen LogP contribution in [0.15, 0.2) is 36.4 Å². The molecular formula is C16H17FN2. The second-order valence-electron chi connectivity index (χ2n) is 3.97. The summed E-state index contributed by atoms with van der Waals surface area (Å²) in [7, 11) is 0. The fourth-order valence-corrected chi connectivity index (χ4v) is 2.20. The standard InChI is InChI=1S/C14H11FN2.C2H6/c1-2-11-13-10-6-4-3-5-9(10)7-8-12(13)17-14(15)16-11;1-2/h3-8H,2H2,1H3;1-2H3. The van der Waals surface area contributed by atoms with Crippen LogP contribution < -0.4 is 0 Å². The Balaban J connectivity index is 0.000000637. The predicted molar refractivity (Wildman–Crippen MR) is 77.7 cm³/mol. The summed E-state index contributed by atoms with van der Waals surface area (Å²) in [5.74, 6) is 0. The van der Waals surface area contributed by atoms with Crippen LogP contribution in [0.25, 0.3) is 21.7 Å². The molecule has 0 spiro atoms. The number of aryl methyl sites for hydroxylation is 1. The Kier molecular flexibility index (Phi) is 4.05. The van der Waals surface area contributed by atoms with E-state index in [1.54, 1.807) is 0 Å². The third-order valence-corrected chi connectivity index (χ3v) is 2.97. The molecule has 0 saturated carbocycles. The van der Waals surface area contributed by atoms with Gasteiger partial charge in [0.25, 0.3) is 0 Å². The van der Waals surface area contributed by atoms with Crippen LogP contribution in [-0.4, -0.2) is 9.97 Å². The van der Waals surface area contributed by atoms with Crippen molar-refractivity contribution in [3.63, 3.8) is 0 Å². The maximum Gasteiger partial charge on any atom is 0.309 e. The van der Waals surface area contributed by atoms with Gasteiger partial charge < -0.3 is 0 Å². The average molecular weight is 256 g/mol. The molecule has 2 nitrogen and oxygen atoms in total. The summed E-state index contributed by atoms with van der Waals surface area (Å²) >= 11 is 0. The third-order valence-electron chi connectivity index (χ3n) is 2.97. The highest BCUT2D eigenvalue weighted by Crippen LogP contribution is 2.26. The van der Waals surface area contributed by atoms with Crippen LogP contribution in [0.1, 0.15) is 26.5 Å². The lowest BCUT2D eigenvalue weighted by Gasteiger charge is -2.07. The molecule has 1 aromatic heterocycles. The van der Waals surface area contributed by atoms with E-state index in [1.807, 2.05) is 57.2 Å². The van der Waals surface area contributed by atoms with E-state index in [1.165, 1.54) is 0 Å². The number of halogens is 1. The second-order valence-corrected chi connectivity index (χ2v) is 3.97. The normalized spacial score (nSPS) is 10.3. The minimum absolute atomic E-state index is 0.648. The lowest BCUT2D eigenvalue weighted by molar-refractivity contribution is 0.539. The minimum Gasteiger partial charge on any atom is -0.207 e. The molecule has 0 atom stereocenters. The summed E-state index contributed by atoms with van der Waals surface area (Å²) in [5, 5.41) is 3.18. The topological polar surface area (TPSA) is 25.8 Å². The van der Waals surface area contributed by atoms with Gasteiger partial charge in [-0.2, -0.15) is 4.39 Å². The average Bonchev–Trinajstić information content (AvgIpc) is 2.48. The Morgan fingerprint density at radius 3 is 2.47 bits per heavy atom. The van der Waals surface area contributed by atoms with E-state index in [2.05, 4.69) is 9.97 Å². The molecule has 0 bridgehead atoms. The van der Waals surface area contributed by atoms with Crippen LogP contribution in [-0.2, 0) is 6.42 Å². The molecule has 0 aliphatic rings. The highest BCUT2D eigenvalue weighted by Gasteiger charge is 2.09. The quantitative estimate of drug-likeness (QED) is 0.473. The molecule has 3 rings (SSSR count). The van der Waals surface area contributed by atoms with E-state index >= 15 is 0 Å². The Morgan fingerprint density at radius 2 is 1.74 bits per heavy atom. The van der Waals surface area contributed by atoms with Gasteiger partial charge >= 0.3 is 6.08 Å². The first-order valence-electron chi connectivity index (χ1n) is 6.63. The molecule has 0 fully saturated rings. The largest absolute Gasteiger partial charge is 0.309 e. The van der Waals surface area contributed by atoms with Gasteiger partial charge in [0.15, 0.2) is 0 Å². The zero-order chi connectivity index (χ0) is 13.8. The van der Waals surface area contributed by atoms with Crippen molar-refractivity contribution >= 4 is 21.7 Å². The van der Waals surface area contributed by atoms with E-state index in [-0.39, 0.29) is 0 Å². The van der Waals surface area contributed by atoms with Crippen LogP contribution in [0.5, 0.6) is 0 Å². The lowest BCUT2D eigenvalue weighted by atomic mass is 10.0. The zero-order valence-corrected chi connectivity index (χ0v) is 11.4. The maximum absolute atomic E-state index is 13.3. The molecule has 3 heteroatoms. The first kappa shape index (κ1) is 13.4. The van der Waals surface area contributed by atoms with E-state index in [0.717, 1.165) is 21.9 Å². The second kappa shape index (κ2) is 5.74. The van der Waals surface area contributed by atoms with Gasteiger partial charge in [-0.05, 0) is 23.3 Å². The highest BCUT2D eigenvalue weighted by atomic mass is 19.1. The fourth-order valence-electron chi connectivity index (χ4n) is 2.20. The number of rotatable bonds is 1. The van der Waals surface area contributed by atoms with Gasteiger partial charge in [-0.15, -0.1) is 0 Å². The first-order chi connectivity index (χ1) is 9.29. The molecule has 0 aliphatic carbocycles. The van der Waals surface area contributed by atoms with E-state index in [9.17, 15) is 4.39 Å². The molecule has 0 unspecified atom stereocenters. The minimum atomic E-state index is -0.648.